The van der Waals surface area contributed by atoms with Gasteiger partial charge in [0, 0.05) is 23.2 Å². The predicted octanol–water partition coefficient (Wildman–Crippen LogP) is 4.45. The van der Waals surface area contributed by atoms with Crippen molar-refractivity contribution in [2.24, 2.45) is 0 Å². The highest BCUT2D eigenvalue weighted by Crippen LogP contribution is 2.28. The topological polar surface area (TPSA) is 68.2 Å². The third kappa shape index (κ3) is 4.60. The molecule has 3 aromatic rings. The minimum Gasteiger partial charge on any atom is -0.465 e. The average Bonchev–Trinajstić information content (AvgIpc) is 3.28. The number of ether oxygens (including phenoxy) is 1. The fourth-order valence-corrected chi connectivity index (χ4v) is 3.73. The zero-order chi connectivity index (χ0) is 22.0. The van der Waals surface area contributed by atoms with Gasteiger partial charge in [0.1, 0.15) is 5.00 Å². The van der Waals surface area contributed by atoms with E-state index >= 15 is 0 Å². The number of nitrogens with one attached hydrogen (secondary N) is 2. The van der Waals surface area contributed by atoms with Gasteiger partial charge in [-0.3, -0.25) is 4.68 Å². The summed E-state index contributed by atoms with van der Waals surface area (Å²) in [5, 5.41) is 10.2. The smallest absolute Gasteiger partial charge is 0.340 e. The standard InChI is InChI=1S/C18H14F4N4O2S2/c1-8-5-9(17(27)28-2)16(30-8)24-18(29)23-13-3-4-26(25-13)7-10-14(21)11(19)6-12(20)15(10)22/h3-6H,7H2,1-2H3,(H2,23,24,25,29). The van der Waals surface area contributed by atoms with E-state index in [1.165, 1.54) is 30.7 Å². The molecule has 3 rings (SSSR count). The van der Waals surface area contributed by atoms with Crippen molar-refractivity contribution in [3.05, 3.63) is 63.7 Å². The number of rotatable bonds is 5. The van der Waals surface area contributed by atoms with Crippen LogP contribution in [-0.4, -0.2) is 28.0 Å². The Kier molecular flexibility index (Phi) is 6.37. The first-order valence-electron chi connectivity index (χ1n) is 8.31. The summed E-state index contributed by atoms with van der Waals surface area (Å²) in [7, 11) is 1.26. The van der Waals surface area contributed by atoms with Gasteiger partial charge in [-0.25, -0.2) is 22.4 Å². The molecule has 6 nitrogen and oxygen atoms in total. The normalized spacial score (nSPS) is 10.7. The number of thiophene rings is 1. The number of hydrogen-bond donors (Lipinski definition) is 2. The summed E-state index contributed by atoms with van der Waals surface area (Å²) >= 11 is 6.48. The highest BCUT2D eigenvalue weighted by Gasteiger charge is 2.20. The first kappa shape index (κ1) is 21.7. The molecule has 0 aliphatic carbocycles. The second-order valence-corrected chi connectivity index (χ2v) is 7.68. The Balaban J connectivity index is 1.71. The lowest BCUT2D eigenvalue weighted by Gasteiger charge is -2.09. The Labute approximate surface area is 177 Å². The number of methoxy groups -OCH3 is 1. The quantitative estimate of drug-likeness (QED) is 0.255. The molecule has 30 heavy (non-hydrogen) atoms. The van der Waals surface area contributed by atoms with Gasteiger partial charge < -0.3 is 15.4 Å². The van der Waals surface area contributed by atoms with Crippen LogP contribution in [0.3, 0.4) is 0 Å². The number of aromatic nitrogens is 2. The van der Waals surface area contributed by atoms with Crippen molar-refractivity contribution >= 4 is 45.5 Å². The van der Waals surface area contributed by atoms with Gasteiger partial charge in [0.15, 0.2) is 34.2 Å². The van der Waals surface area contributed by atoms with Crippen LogP contribution >= 0.6 is 23.6 Å². The van der Waals surface area contributed by atoms with Crippen molar-refractivity contribution < 1.29 is 27.1 Å². The monoisotopic (exact) mass is 458 g/mol. The van der Waals surface area contributed by atoms with E-state index < -0.39 is 41.3 Å². The van der Waals surface area contributed by atoms with Crippen LogP contribution in [0.25, 0.3) is 0 Å². The van der Waals surface area contributed by atoms with Crippen LogP contribution in [0.1, 0.15) is 20.8 Å². The lowest BCUT2D eigenvalue weighted by Crippen LogP contribution is -2.20. The highest BCUT2D eigenvalue weighted by molar-refractivity contribution is 7.80. The highest BCUT2D eigenvalue weighted by atomic mass is 32.1. The number of carbonyl (C=O) groups is 1. The Bertz CT molecular complexity index is 1100. The Morgan fingerprint density at radius 1 is 1.20 bits per heavy atom. The van der Waals surface area contributed by atoms with Gasteiger partial charge in [0.05, 0.1) is 24.8 Å². The van der Waals surface area contributed by atoms with Gasteiger partial charge in [0.2, 0.25) is 0 Å². The minimum atomic E-state index is -1.49. The third-order valence-corrected chi connectivity index (χ3v) is 5.06. The SMILES string of the molecule is COC(=O)c1cc(C)sc1NC(=S)Nc1ccn(Cc2c(F)c(F)cc(F)c2F)n1. The minimum absolute atomic E-state index is 0.0985. The molecule has 0 aliphatic heterocycles. The summed E-state index contributed by atoms with van der Waals surface area (Å²) in [6.07, 6.45) is 1.35. The number of benzene rings is 1. The van der Waals surface area contributed by atoms with E-state index in [2.05, 4.69) is 15.7 Å². The first-order chi connectivity index (χ1) is 14.2. The van der Waals surface area contributed by atoms with Gasteiger partial charge in [-0.2, -0.15) is 5.10 Å². The molecule has 0 unspecified atom stereocenters. The molecule has 2 aromatic heterocycles. The second-order valence-electron chi connectivity index (χ2n) is 6.02. The number of aryl methyl sites for hydroxylation is 1. The molecule has 0 fully saturated rings. The number of esters is 1. The maximum absolute atomic E-state index is 13.8. The molecule has 0 radical (unpaired) electrons. The van der Waals surface area contributed by atoms with E-state index in [-0.39, 0.29) is 17.0 Å². The number of thiocarbonyl (C=S) groups is 1. The zero-order valence-electron chi connectivity index (χ0n) is 15.6. The summed E-state index contributed by atoms with van der Waals surface area (Å²) in [5.74, 6) is -6.28. The molecule has 2 N–H and O–H groups in total. The van der Waals surface area contributed by atoms with Crippen LogP contribution < -0.4 is 10.6 Å². The fraction of sp³-hybridized carbons (Fsp3) is 0.167. The van der Waals surface area contributed by atoms with E-state index in [0.29, 0.717) is 10.6 Å². The molecule has 0 spiro atoms. The first-order valence-corrected chi connectivity index (χ1v) is 9.54. The number of nitrogens with zero attached hydrogens (tertiary/aromatic N) is 2. The summed E-state index contributed by atoms with van der Waals surface area (Å²) in [5.41, 5.74) is -0.478. The third-order valence-electron chi connectivity index (χ3n) is 3.89. The molecule has 0 aliphatic rings. The molecule has 2 heterocycles. The lowest BCUT2D eigenvalue weighted by molar-refractivity contribution is 0.0602. The van der Waals surface area contributed by atoms with Gasteiger partial charge in [-0.05, 0) is 25.2 Å². The Morgan fingerprint density at radius 2 is 1.87 bits per heavy atom. The molecule has 12 heteroatoms. The van der Waals surface area contributed by atoms with E-state index in [9.17, 15) is 22.4 Å². The molecular weight excluding hydrogens is 444 g/mol. The number of hydrogen-bond acceptors (Lipinski definition) is 5. The van der Waals surface area contributed by atoms with E-state index in [1.54, 1.807) is 6.07 Å². The summed E-state index contributed by atoms with van der Waals surface area (Å²) in [4.78, 5) is 12.7. The Morgan fingerprint density at radius 3 is 2.50 bits per heavy atom. The van der Waals surface area contributed by atoms with Gasteiger partial charge >= 0.3 is 5.97 Å². The lowest BCUT2D eigenvalue weighted by atomic mass is 10.2. The summed E-state index contributed by atoms with van der Waals surface area (Å²) in [6.45, 7) is 1.28. The van der Waals surface area contributed by atoms with Crippen LogP contribution in [0.5, 0.6) is 0 Å². The van der Waals surface area contributed by atoms with Crippen molar-refractivity contribution in [2.75, 3.05) is 17.7 Å². The van der Waals surface area contributed by atoms with Crippen LogP contribution in [0, 0.1) is 30.2 Å². The van der Waals surface area contributed by atoms with E-state index in [1.807, 2.05) is 6.92 Å². The van der Waals surface area contributed by atoms with Crippen LogP contribution in [0.15, 0.2) is 24.4 Å². The van der Waals surface area contributed by atoms with E-state index in [4.69, 9.17) is 17.0 Å². The van der Waals surface area contributed by atoms with E-state index in [0.717, 1.165) is 9.56 Å². The van der Waals surface area contributed by atoms with Gasteiger partial charge in [-0.15, -0.1) is 11.3 Å². The van der Waals surface area contributed by atoms with Gasteiger partial charge in [0.25, 0.3) is 0 Å². The molecular formula is C18H14F4N4O2S2. The van der Waals surface area contributed by atoms with Crippen molar-refractivity contribution in [3.8, 4) is 0 Å². The van der Waals surface area contributed by atoms with Crippen molar-refractivity contribution in [3.63, 3.8) is 0 Å². The molecule has 1 aromatic carbocycles. The van der Waals surface area contributed by atoms with Crippen LogP contribution in [0.4, 0.5) is 28.4 Å². The fourth-order valence-electron chi connectivity index (χ4n) is 2.56. The molecule has 0 amide bonds. The second kappa shape index (κ2) is 8.79. The molecule has 158 valence electrons. The molecule has 0 bridgehead atoms. The molecule has 0 saturated heterocycles. The van der Waals surface area contributed by atoms with Crippen molar-refractivity contribution in [2.45, 2.75) is 13.5 Å². The number of anilines is 2. The zero-order valence-corrected chi connectivity index (χ0v) is 17.2. The van der Waals surface area contributed by atoms with Crippen LogP contribution in [-0.2, 0) is 11.3 Å². The van der Waals surface area contributed by atoms with Crippen LogP contribution in [0.2, 0.25) is 0 Å². The maximum atomic E-state index is 13.8. The summed E-state index contributed by atoms with van der Waals surface area (Å²) in [6, 6.07) is 3.24. The molecule has 0 atom stereocenters. The Hall–Kier alpha value is -2.99. The van der Waals surface area contributed by atoms with Crippen molar-refractivity contribution in [1.29, 1.82) is 0 Å². The maximum Gasteiger partial charge on any atom is 0.340 e. The number of halogens is 4. The molecule has 0 saturated carbocycles. The van der Waals surface area contributed by atoms with Gasteiger partial charge in [-0.1, -0.05) is 0 Å². The largest absolute Gasteiger partial charge is 0.465 e. The predicted molar refractivity (Wildman–Crippen MR) is 108 cm³/mol. The summed E-state index contributed by atoms with van der Waals surface area (Å²) < 4.78 is 60.1. The average molecular weight is 458 g/mol. The van der Waals surface area contributed by atoms with Crippen molar-refractivity contribution in [1.82, 2.24) is 9.78 Å². The number of carbonyl (C=O) groups excluding carboxylic acids is 1.